The molecular weight excluding hydrogens is 451 g/mol. The lowest BCUT2D eigenvalue weighted by Gasteiger charge is -2.16. The Morgan fingerprint density at radius 1 is 1.18 bits per heavy atom. The van der Waals surface area contributed by atoms with E-state index in [2.05, 4.69) is 47.8 Å². The van der Waals surface area contributed by atoms with Crippen molar-refractivity contribution >= 4 is 39.8 Å². The van der Waals surface area contributed by atoms with Gasteiger partial charge in [-0.3, -0.25) is 4.99 Å². The van der Waals surface area contributed by atoms with Crippen molar-refractivity contribution in [2.75, 3.05) is 25.5 Å². The van der Waals surface area contributed by atoms with Crippen LogP contribution in [0.15, 0.2) is 58.9 Å². The number of benzene rings is 1. The first-order valence-corrected chi connectivity index (χ1v) is 11.6. The quantitative estimate of drug-likeness (QED) is 0.109. The molecule has 3 aromatic heterocycles. The monoisotopic (exact) mass is 476 g/mol. The van der Waals surface area contributed by atoms with Crippen LogP contribution in [0.2, 0.25) is 0 Å². The zero-order valence-electron chi connectivity index (χ0n) is 18.9. The summed E-state index contributed by atoms with van der Waals surface area (Å²) in [5.74, 6) is 5.06. The van der Waals surface area contributed by atoms with Crippen LogP contribution in [0.25, 0.3) is 31.8 Å². The molecule has 0 fully saturated rings. The standard InChI is InChI=1S/C24H25FN8S/c1-15(27-2)19-14-31-22(25)13-18(19)17-5-3-4-16-12-21(34-23(16)17)20-6-7-29-24(33-20)30-10-8-28-9-11-32-26/h3-7,9,11-15,27H,8,10,26H2,1-2H3,(H,29,30,33)/b28-9?,32-11-. The number of aromatic nitrogens is 3. The van der Waals surface area contributed by atoms with Gasteiger partial charge < -0.3 is 16.5 Å². The van der Waals surface area contributed by atoms with Crippen LogP contribution in [0, 0.1) is 5.95 Å². The van der Waals surface area contributed by atoms with Crippen molar-refractivity contribution < 1.29 is 4.39 Å². The van der Waals surface area contributed by atoms with Crippen LogP contribution in [0.3, 0.4) is 0 Å². The van der Waals surface area contributed by atoms with Gasteiger partial charge in [-0.1, -0.05) is 18.2 Å². The fraction of sp³-hybridized carbons (Fsp3) is 0.208. The van der Waals surface area contributed by atoms with E-state index in [1.165, 1.54) is 12.3 Å². The summed E-state index contributed by atoms with van der Waals surface area (Å²) in [7, 11) is 1.88. The third kappa shape index (κ3) is 5.24. The van der Waals surface area contributed by atoms with Gasteiger partial charge in [-0.15, -0.1) is 11.3 Å². The predicted octanol–water partition coefficient (Wildman–Crippen LogP) is 4.27. The van der Waals surface area contributed by atoms with Gasteiger partial charge in [0.2, 0.25) is 11.9 Å². The number of nitrogens with two attached hydrogens (primary N) is 1. The maximum atomic E-state index is 14.1. The Labute approximate surface area is 200 Å². The third-order valence-electron chi connectivity index (χ3n) is 5.33. The van der Waals surface area contributed by atoms with Gasteiger partial charge in [0.1, 0.15) is 0 Å². The Morgan fingerprint density at radius 3 is 2.88 bits per heavy atom. The number of pyridine rings is 1. The summed E-state index contributed by atoms with van der Waals surface area (Å²) >= 11 is 1.62. The van der Waals surface area contributed by atoms with Gasteiger partial charge in [0.05, 0.1) is 23.3 Å². The van der Waals surface area contributed by atoms with E-state index in [9.17, 15) is 4.39 Å². The molecule has 0 saturated carbocycles. The molecule has 10 heteroatoms. The number of aliphatic imine (C=N–C) groups is 1. The number of thiophene rings is 1. The second-order valence-electron chi connectivity index (χ2n) is 7.48. The van der Waals surface area contributed by atoms with Crippen LogP contribution in [0.5, 0.6) is 0 Å². The Bertz CT molecular complexity index is 1330. The van der Waals surface area contributed by atoms with Crippen molar-refractivity contribution in [3.63, 3.8) is 0 Å². The van der Waals surface area contributed by atoms with Gasteiger partial charge >= 0.3 is 0 Å². The average Bonchev–Trinajstić information content (AvgIpc) is 3.30. The minimum atomic E-state index is -0.498. The fourth-order valence-corrected chi connectivity index (χ4v) is 4.71. The molecule has 0 amide bonds. The number of rotatable bonds is 9. The number of hydrogen-bond donors (Lipinski definition) is 3. The van der Waals surface area contributed by atoms with E-state index in [4.69, 9.17) is 5.84 Å². The van der Waals surface area contributed by atoms with E-state index in [1.807, 2.05) is 32.2 Å². The molecule has 1 unspecified atom stereocenters. The number of fused-ring (bicyclic) bond motifs is 1. The first-order valence-electron chi connectivity index (χ1n) is 10.7. The summed E-state index contributed by atoms with van der Waals surface area (Å²) in [6.07, 6.45) is 6.31. The van der Waals surface area contributed by atoms with E-state index < -0.39 is 5.95 Å². The lowest BCUT2D eigenvalue weighted by molar-refractivity contribution is 0.577. The summed E-state index contributed by atoms with van der Waals surface area (Å²) < 4.78 is 15.2. The molecule has 0 radical (unpaired) electrons. The molecule has 4 rings (SSSR count). The van der Waals surface area contributed by atoms with Gasteiger partial charge in [0.25, 0.3) is 0 Å². The number of halogens is 1. The molecule has 3 heterocycles. The largest absolute Gasteiger partial charge is 0.352 e. The minimum absolute atomic E-state index is 0.0280. The van der Waals surface area contributed by atoms with Crippen LogP contribution in [-0.2, 0) is 0 Å². The van der Waals surface area contributed by atoms with Crippen molar-refractivity contribution in [1.29, 1.82) is 0 Å². The second-order valence-corrected chi connectivity index (χ2v) is 8.54. The fourth-order valence-electron chi connectivity index (χ4n) is 3.55. The zero-order valence-corrected chi connectivity index (χ0v) is 19.7. The molecule has 0 saturated heterocycles. The molecule has 1 aromatic carbocycles. The van der Waals surface area contributed by atoms with Crippen LogP contribution >= 0.6 is 11.3 Å². The topological polar surface area (TPSA) is 113 Å². The van der Waals surface area contributed by atoms with Gasteiger partial charge in [-0.05, 0) is 42.6 Å². The van der Waals surface area contributed by atoms with Crippen LogP contribution < -0.4 is 16.5 Å². The highest BCUT2D eigenvalue weighted by Crippen LogP contribution is 2.40. The van der Waals surface area contributed by atoms with E-state index in [1.54, 1.807) is 29.9 Å². The highest BCUT2D eigenvalue weighted by Gasteiger charge is 2.17. The number of nitrogens with one attached hydrogen (secondary N) is 2. The maximum absolute atomic E-state index is 14.1. The zero-order chi connectivity index (χ0) is 23.9. The average molecular weight is 477 g/mol. The van der Waals surface area contributed by atoms with Crippen molar-refractivity contribution in [1.82, 2.24) is 20.3 Å². The molecule has 0 spiro atoms. The Kier molecular flexibility index (Phi) is 7.51. The van der Waals surface area contributed by atoms with E-state index in [0.29, 0.717) is 19.0 Å². The molecular formula is C24H25FN8S. The lowest BCUT2D eigenvalue weighted by atomic mass is 9.97. The number of hydrogen-bond acceptors (Lipinski definition) is 9. The molecule has 4 aromatic rings. The van der Waals surface area contributed by atoms with E-state index in [-0.39, 0.29) is 6.04 Å². The molecule has 0 aliphatic carbocycles. The van der Waals surface area contributed by atoms with E-state index >= 15 is 0 Å². The molecule has 174 valence electrons. The lowest BCUT2D eigenvalue weighted by Crippen LogP contribution is -2.14. The van der Waals surface area contributed by atoms with Crippen molar-refractivity contribution in [3.8, 4) is 21.7 Å². The van der Waals surface area contributed by atoms with E-state index in [0.717, 1.165) is 37.3 Å². The molecule has 4 N–H and O–H groups in total. The van der Waals surface area contributed by atoms with Gasteiger partial charge in [0.15, 0.2) is 0 Å². The summed E-state index contributed by atoms with van der Waals surface area (Å²) in [4.78, 5) is 18.0. The summed E-state index contributed by atoms with van der Waals surface area (Å²) in [6, 6.07) is 11.6. The summed E-state index contributed by atoms with van der Waals surface area (Å²) in [5.41, 5.74) is 3.56. The Morgan fingerprint density at radius 2 is 2.06 bits per heavy atom. The highest BCUT2D eigenvalue weighted by atomic mass is 32.1. The second kappa shape index (κ2) is 10.9. The SMILES string of the molecule is CNC(C)c1cnc(F)cc1-c1cccc2cc(-c3ccnc(NCCN=C/C=N\N)n3)sc12. The van der Waals surface area contributed by atoms with Gasteiger partial charge in [-0.2, -0.15) is 9.49 Å². The number of anilines is 1. The Balaban J connectivity index is 1.66. The first kappa shape index (κ1) is 23.4. The predicted molar refractivity (Wildman–Crippen MR) is 138 cm³/mol. The number of nitrogens with zero attached hydrogens (tertiary/aromatic N) is 5. The van der Waals surface area contributed by atoms with Gasteiger partial charge in [0, 0.05) is 47.5 Å². The Hall–Kier alpha value is -3.76. The normalized spacial score (nSPS) is 12.7. The molecule has 0 bridgehead atoms. The summed E-state index contributed by atoms with van der Waals surface area (Å²) in [5, 5.41) is 10.8. The molecule has 0 aliphatic rings. The minimum Gasteiger partial charge on any atom is -0.352 e. The summed E-state index contributed by atoms with van der Waals surface area (Å²) in [6.45, 7) is 3.15. The molecule has 8 nitrogen and oxygen atoms in total. The highest BCUT2D eigenvalue weighted by molar-refractivity contribution is 7.22. The molecule has 0 aliphatic heterocycles. The van der Waals surface area contributed by atoms with Crippen molar-refractivity contribution in [3.05, 3.63) is 60.3 Å². The van der Waals surface area contributed by atoms with Crippen LogP contribution in [0.4, 0.5) is 10.3 Å². The maximum Gasteiger partial charge on any atom is 0.223 e. The smallest absolute Gasteiger partial charge is 0.223 e. The van der Waals surface area contributed by atoms with Crippen molar-refractivity contribution in [2.24, 2.45) is 15.9 Å². The van der Waals surface area contributed by atoms with Crippen LogP contribution in [0.1, 0.15) is 18.5 Å². The third-order valence-corrected chi connectivity index (χ3v) is 6.53. The van der Waals surface area contributed by atoms with Crippen molar-refractivity contribution in [2.45, 2.75) is 13.0 Å². The first-order chi connectivity index (χ1) is 16.6. The van der Waals surface area contributed by atoms with Crippen LogP contribution in [-0.4, -0.2) is 47.5 Å². The number of hydrazone groups is 1. The van der Waals surface area contributed by atoms with Gasteiger partial charge in [-0.25, -0.2) is 15.0 Å². The molecule has 34 heavy (non-hydrogen) atoms. The molecule has 1 atom stereocenters.